The highest BCUT2D eigenvalue weighted by Crippen LogP contribution is 2.15. The fourth-order valence-corrected chi connectivity index (χ4v) is 1.78. The van der Waals surface area contributed by atoms with Crippen molar-refractivity contribution in [3.8, 4) is 0 Å². The van der Waals surface area contributed by atoms with Crippen LogP contribution in [-0.2, 0) is 17.9 Å². The van der Waals surface area contributed by atoms with E-state index in [1.54, 1.807) is 0 Å². The minimum Gasteiger partial charge on any atom is -0.317 e. The molecule has 0 unspecified atom stereocenters. The Balaban J connectivity index is 2.47. The summed E-state index contributed by atoms with van der Waals surface area (Å²) in [6.07, 6.45) is 0. The van der Waals surface area contributed by atoms with Crippen molar-refractivity contribution in [2.24, 2.45) is 5.84 Å². The van der Waals surface area contributed by atoms with Gasteiger partial charge in [0, 0.05) is 0 Å². The molecule has 1 aromatic carbocycles. The van der Waals surface area contributed by atoms with E-state index in [-0.39, 0.29) is 12.5 Å². The Morgan fingerprint density at radius 1 is 1.47 bits per heavy atom. The van der Waals surface area contributed by atoms with Gasteiger partial charge < -0.3 is 9.88 Å². The number of aromatic nitrogens is 2. The smallest absolute Gasteiger partial charge is 0.253 e. The molecule has 4 N–H and O–H groups in total. The number of hydrazine groups is 1. The fraction of sp³-hybridized carbons (Fsp3) is 0.273. The summed E-state index contributed by atoms with van der Waals surface area (Å²) in [4.78, 5) is 15.8. The molecule has 2 rings (SSSR count). The van der Waals surface area contributed by atoms with Crippen LogP contribution in [0.4, 0.5) is 0 Å². The van der Waals surface area contributed by atoms with E-state index in [4.69, 9.17) is 5.84 Å². The van der Waals surface area contributed by atoms with Gasteiger partial charge in [0.15, 0.2) is 0 Å². The number of rotatable bonds is 4. The molecule has 0 radical (unpaired) electrons. The lowest BCUT2D eigenvalue weighted by molar-refractivity contribution is -0.121. The van der Waals surface area contributed by atoms with Gasteiger partial charge in [-0.2, -0.15) is 0 Å². The summed E-state index contributed by atoms with van der Waals surface area (Å²) in [6, 6.07) is 7.70. The number of carbonyl (C=O) groups excluding carboxylic acids is 1. The Labute approximate surface area is 98.8 Å². The number of nitrogens with one attached hydrogen (secondary N) is 2. The van der Waals surface area contributed by atoms with Gasteiger partial charge in [-0.1, -0.05) is 12.1 Å². The Bertz CT molecular complexity index is 534. The van der Waals surface area contributed by atoms with Crippen molar-refractivity contribution in [2.75, 3.05) is 7.05 Å². The Morgan fingerprint density at radius 3 is 2.94 bits per heavy atom. The van der Waals surface area contributed by atoms with Crippen LogP contribution in [0.1, 0.15) is 5.82 Å². The van der Waals surface area contributed by atoms with Crippen LogP contribution < -0.4 is 16.6 Å². The highest BCUT2D eigenvalue weighted by molar-refractivity contribution is 5.80. The van der Waals surface area contributed by atoms with E-state index in [0.717, 1.165) is 16.9 Å². The molecule has 0 fully saturated rings. The van der Waals surface area contributed by atoms with Crippen molar-refractivity contribution in [3.05, 3.63) is 30.1 Å². The predicted molar refractivity (Wildman–Crippen MR) is 64.8 cm³/mol. The lowest BCUT2D eigenvalue weighted by Gasteiger charge is -2.07. The maximum Gasteiger partial charge on any atom is 0.253 e. The van der Waals surface area contributed by atoms with Crippen molar-refractivity contribution >= 4 is 16.9 Å². The van der Waals surface area contributed by atoms with Gasteiger partial charge in [0.25, 0.3) is 5.91 Å². The first-order chi connectivity index (χ1) is 8.26. The van der Waals surface area contributed by atoms with Gasteiger partial charge >= 0.3 is 0 Å². The van der Waals surface area contributed by atoms with Crippen LogP contribution in [-0.4, -0.2) is 22.5 Å². The summed E-state index contributed by atoms with van der Waals surface area (Å²) in [6.45, 7) is 0.778. The Hall–Kier alpha value is -1.92. The van der Waals surface area contributed by atoms with Crippen LogP contribution in [0.3, 0.4) is 0 Å². The first kappa shape index (κ1) is 11.6. The second-order valence-corrected chi connectivity index (χ2v) is 3.70. The van der Waals surface area contributed by atoms with Crippen LogP contribution in [0.2, 0.25) is 0 Å². The number of amides is 1. The molecule has 17 heavy (non-hydrogen) atoms. The van der Waals surface area contributed by atoms with Gasteiger partial charge in [0.05, 0.1) is 17.6 Å². The summed E-state index contributed by atoms with van der Waals surface area (Å²) >= 11 is 0. The maximum absolute atomic E-state index is 11.4. The number of nitrogens with zero attached hydrogens (tertiary/aromatic N) is 2. The van der Waals surface area contributed by atoms with Crippen molar-refractivity contribution in [2.45, 2.75) is 13.1 Å². The lowest BCUT2D eigenvalue weighted by Crippen LogP contribution is -2.33. The number of imidazole rings is 1. The zero-order valence-corrected chi connectivity index (χ0v) is 9.60. The van der Waals surface area contributed by atoms with E-state index in [9.17, 15) is 4.79 Å². The lowest BCUT2D eigenvalue weighted by atomic mass is 10.3. The zero-order valence-electron chi connectivity index (χ0n) is 9.60. The van der Waals surface area contributed by atoms with Gasteiger partial charge in [0.2, 0.25) is 0 Å². The summed E-state index contributed by atoms with van der Waals surface area (Å²) in [7, 11) is 1.84. The van der Waals surface area contributed by atoms with Crippen LogP contribution in [0.25, 0.3) is 11.0 Å². The molecule has 1 amide bonds. The minimum absolute atomic E-state index is 0.175. The highest BCUT2D eigenvalue weighted by atomic mass is 16.2. The predicted octanol–water partition coefficient (Wildman–Crippen LogP) is -0.254. The van der Waals surface area contributed by atoms with Crippen molar-refractivity contribution in [1.82, 2.24) is 20.3 Å². The molecular formula is C11H15N5O. The largest absolute Gasteiger partial charge is 0.317 e. The molecule has 0 atom stereocenters. The zero-order chi connectivity index (χ0) is 12.3. The number of para-hydroxylation sites is 2. The molecule has 0 aliphatic heterocycles. The Kier molecular flexibility index (Phi) is 3.36. The molecule has 0 aliphatic carbocycles. The summed E-state index contributed by atoms with van der Waals surface area (Å²) in [5.41, 5.74) is 3.94. The third-order valence-electron chi connectivity index (χ3n) is 2.53. The van der Waals surface area contributed by atoms with E-state index in [1.165, 1.54) is 0 Å². The third-order valence-corrected chi connectivity index (χ3v) is 2.53. The average Bonchev–Trinajstić information content (AvgIpc) is 2.68. The van der Waals surface area contributed by atoms with E-state index in [0.29, 0.717) is 6.54 Å². The van der Waals surface area contributed by atoms with Gasteiger partial charge in [0.1, 0.15) is 12.4 Å². The number of fused-ring (bicyclic) bond motifs is 1. The second-order valence-electron chi connectivity index (χ2n) is 3.70. The third kappa shape index (κ3) is 2.27. The second kappa shape index (κ2) is 4.94. The molecule has 2 aromatic rings. The number of hydrogen-bond acceptors (Lipinski definition) is 4. The Morgan fingerprint density at radius 2 is 2.24 bits per heavy atom. The quantitative estimate of drug-likeness (QED) is 0.386. The molecule has 0 spiro atoms. The molecule has 1 aromatic heterocycles. The minimum atomic E-state index is -0.245. The molecular weight excluding hydrogens is 218 g/mol. The van der Waals surface area contributed by atoms with E-state index in [2.05, 4.69) is 15.7 Å². The van der Waals surface area contributed by atoms with Gasteiger partial charge in [-0.25, -0.2) is 10.8 Å². The average molecular weight is 233 g/mol. The summed E-state index contributed by atoms with van der Waals surface area (Å²) < 4.78 is 1.86. The maximum atomic E-state index is 11.4. The van der Waals surface area contributed by atoms with E-state index < -0.39 is 0 Å². The van der Waals surface area contributed by atoms with Gasteiger partial charge in [-0.3, -0.25) is 10.2 Å². The van der Waals surface area contributed by atoms with Crippen LogP contribution in [0.5, 0.6) is 0 Å². The molecule has 0 bridgehead atoms. The molecule has 0 saturated carbocycles. The summed E-state index contributed by atoms with van der Waals surface area (Å²) in [5.74, 6) is 5.68. The molecule has 1 heterocycles. The highest BCUT2D eigenvalue weighted by Gasteiger charge is 2.11. The molecule has 6 nitrogen and oxygen atoms in total. The van der Waals surface area contributed by atoms with E-state index >= 15 is 0 Å². The van der Waals surface area contributed by atoms with Crippen molar-refractivity contribution in [3.63, 3.8) is 0 Å². The number of hydrogen-bond donors (Lipinski definition) is 3. The monoisotopic (exact) mass is 233 g/mol. The molecule has 0 saturated heterocycles. The van der Waals surface area contributed by atoms with Gasteiger partial charge in [-0.15, -0.1) is 0 Å². The molecule has 0 aliphatic rings. The fourth-order valence-electron chi connectivity index (χ4n) is 1.78. The van der Waals surface area contributed by atoms with Crippen molar-refractivity contribution < 1.29 is 4.79 Å². The first-order valence-corrected chi connectivity index (χ1v) is 5.34. The van der Waals surface area contributed by atoms with E-state index in [1.807, 2.05) is 35.9 Å². The SMILES string of the molecule is CNCc1nc2ccccc2n1CC(=O)NN. The number of carbonyl (C=O) groups is 1. The van der Waals surface area contributed by atoms with Crippen LogP contribution >= 0.6 is 0 Å². The summed E-state index contributed by atoms with van der Waals surface area (Å²) in [5, 5.41) is 3.03. The van der Waals surface area contributed by atoms with Crippen molar-refractivity contribution in [1.29, 1.82) is 0 Å². The number of benzene rings is 1. The normalized spacial score (nSPS) is 10.7. The molecule has 6 heteroatoms. The van der Waals surface area contributed by atoms with Crippen LogP contribution in [0.15, 0.2) is 24.3 Å². The standard InChI is InChI=1S/C11H15N5O/c1-13-6-10-14-8-4-2-3-5-9(8)16(10)7-11(17)15-12/h2-5,13H,6-7,12H2,1H3,(H,15,17). The number of nitrogens with two attached hydrogens (primary N) is 1. The molecule has 90 valence electrons. The first-order valence-electron chi connectivity index (χ1n) is 5.34. The van der Waals surface area contributed by atoms with Gasteiger partial charge in [-0.05, 0) is 19.2 Å². The topological polar surface area (TPSA) is 85.0 Å². The van der Waals surface area contributed by atoms with Crippen LogP contribution in [0, 0.1) is 0 Å².